The monoisotopic (exact) mass is 191 g/mol. The molecule has 2 rings (SSSR count). The molecule has 0 saturated heterocycles. The summed E-state index contributed by atoms with van der Waals surface area (Å²) in [6.45, 7) is 3.01. The van der Waals surface area contributed by atoms with Gasteiger partial charge < -0.3 is 4.57 Å². The number of rotatable bonds is 2. The Morgan fingerprint density at radius 3 is 3.14 bits per heavy atom. The highest BCUT2D eigenvalue weighted by atomic mass is 15.1. The Labute approximate surface area is 84.5 Å². The van der Waals surface area contributed by atoms with Crippen LogP contribution in [0.1, 0.15) is 31.0 Å². The summed E-state index contributed by atoms with van der Waals surface area (Å²) in [7, 11) is 2.03. The first-order valence-corrected chi connectivity index (χ1v) is 5.37. The molecular weight excluding hydrogens is 174 g/mol. The molecule has 0 spiro atoms. The van der Waals surface area contributed by atoms with Crippen LogP contribution in [0.2, 0.25) is 0 Å². The number of aryl methyl sites for hydroxylation is 3. The van der Waals surface area contributed by atoms with Crippen molar-refractivity contribution >= 4 is 0 Å². The molecule has 0 aliphatic heterocycles. The van der Waals surface area contributed by atoms with E-state index >= 15 is 0 Å². The Balaban J connectivity index is 2.42. The first-order chi connectivity index (χ1) is 6.81. The predicted molar refractivity (Wildman–Crippen MR) is 56.0 cm³/mol. The standard InChI is InChI=1S/C11H17N3/c1-3-7-12-11-13-10-6-4-5-9(10)8-14(11)2/h8H,3-7H2,1-2H3. The summed E-state index contributed by atoms with van der Waals surface area (Å²) in [5.41, 5.74) is 3.55. The van der Waals surface area contributed by atoms with E-state index in [9.17, 15) is 0 Å². The second kappa shape index (κ2) is 3.95. The summed E-state index contributed by atoms with van der Waals surface area (Å²) in [6.07, 6.45) is 6.83. The van der Waals surface area contributed by atoms with Crippen molar-refractivity contribution in [2.75, 3.05) is 6.54 Å². The average molecular weight is 191 g/mol. The normalized spacial score (nSPS) is 16.0. The molecule has 0 amide bonds. The van der Waals surface area contributed by atoms with Gasteiger partial charge in [-0.25, -0.2) is 4.98 Å². The molecule has 0 saturated carbocycles. The zero-order chi connectivity index (χ0) is 9.97. The van der Waals surface area contributed by atoms with Crippen LogP contribution in [0.4, 0.5) is 0 Å². The molecule has 1 aromatic heterocycles. The van der Waals surface area contributed by atoms with Crippen LogP contribution in [0.25, 0.3) is 0 Å². The minimum atomic E-state index is 0.875. The van der Waals surface area contributed by atoms with Crippen molar-refractivity contribution in [1.29, 1.82) is 0 Å². The fraction of sp³-hybridized carbons (Fsp3) is 0.636. The Morgan fingerprint density at radius 2 is 2.36 bits per heavy atom. The van der Waals surface area contributed by atoms with E-state index in [2.05, 4.69) is 23.1 Å². The molecular formula is C11H17N3. The molecule has 1 aliphatic rings. The fourth-order valence-electron chi connectivity index (χ4n) is 1.87. The molecule has 0 N–H and O–H groups in total. The second-order valence-electron chi connectivity index (χ2n) is 3.86. The molecule has 1 aliphatic carbocycles. The lowest BCUT2D eigenvalue weighted by atomic mass is 10.3. The number of nitrogens with zero attached hydrogens (tertiary/aromatic N) is 3. The minimum absolute atomic E-state index is 0.875. The fourth-order valence-corrected chi connectivity index (χ4v) is 1.87. The maximum atomic E-state index is 4.59. The SMILES string of the molecule is CCCN=c1nc2c(cn1C)CCC2. The topological polar surface area (TPSA) is 30.2 Å². The van der Waals surface area contributed by atoms with Crippen molar-refractivity contribution < 1.29 is 0 Å². The van der Waals surface area contributed by atoms with Crippen molar-refractivity contribution in [3.8, 4) is 0 Å². The molecule has 0 aromatic carbocycles. The van der Waals surface area contributed by atoms with Gasteiger partial charge in [-0.3, -0.25) is 4.99 Å². The molecule has 1 aromatic rings. The average Bonchev–Trinajstić information content (AvgIpc) is 2.61. The highest BCUT2D eigenvalue weighted by Gasteiger charge is 2.12. The van der Waals surface area contributed by atoms with E-state index in [1.807, 2.05) is 11.6 Å². The van der Waals surface area contributed by atoms with E-state index in [1.54, 1.807) is 0 Å². The van der Waals surface area contributed by atoms with Crippen LogP contribution in [0, 0.1) is 0 Å². The lowest BCUT2D eigenvalue weighted by Gasteiger charge is -2.03. The van der Waals surface area contributed by atoms with Gasteiger partial charge in [0.1, 0.15) is 0 Å². The number of hydrogen-bond donors (Lipinski definition) is 0. The van der Waals surface area contributed by atoms with Gasteiger partial charge in [0.05, 0.1) is 0 Å². The van der Waals surface area contributed by atoms with Gasteiger partial charge in [-0.05, 0) is 31.2 Å². The summed E-state index contributed by atoms with van der Waals surface area (Å²) in [6, 6.07) is 0. The van der Waals surface area contributed by atoms with Crippen molar-refractivity contribution in [1.82, 2.24) is 9.55 Å². The first kappa shape index (κ1) is 9.44. The molecule has 3 nitrogen and oxygen atoms in total. The minimum Gasteiger partial charge on any atom is -0.320 e. The van der Waals surface area contributed by atoms with Gasteiger partial charge in [0.15, 0.2) is 0 Å². The van der Waals surface area contributed by atoms with Crippen LogP contribution in [0.5, 0.6) is 0 Å². The third-order valence-electron chi connectivity index (χ3n) is 2.61. The number of fused-ring (bicyclic) bond motifs is 1. The van der Waals surface area contributed by atoms with Crippen molar-refractivity contribution in [3.05, 3.63) is 23.1 Å². The molecule has 0 fully saturated rings. The van der Waals surface area contributed by atoms with Gasteiger partial charge >= 0.3 is 0 Å². The van der Waals surface area contributed by atoms with Crippen molar-refractivity contribution in [2.45, 2.75) is 32.6 Å². The maximum absolute atomic E-state index is 4.59. The Bertz CT molecular complexity index is 390. The zero-order valence-electron chi connectivity index (χ0n) is 8.95. The predicted octanol–water partition coefficient (Wildman–Crippen LogP) is 1.22. The smallest absolute Gasteiger partial charge is 0.224 e. The van der Waals surface area contributed by atoms with Crippen LogP contribution >= 0.6 is 0 Å². The molecule has 3 heteroatoms. The van der Waals surface area contributed by atoms with Gasteiger partial charge in [-0.1, -0.05) is 6.92 Å². The van der Waals surface area contributed by atoms with Crippen LogP contribution in [-0.2, 0) is 19.9 Å². The lowest BCUT2D eigenvalue weighted by Crippen LogP contribution is -2.23. The second-order valence-corrected chi connectivity index (χ2v) is 3.86. The van der Waals surface area contributed by atoms with Gasteiger partial charge in [0.25, 0.3) is 0 Å². The van der Waals surface area contributed by atoms with Crippen LogP contribution < -0.4 is 5.62 Å². The number of hydrogen-bond acceptors (Lipinski definition) is 2. The third kappa shape index (κ3) is 1.72. The summed E-state index contributed by atoms with van der Waals surface area (Å²) >= 11 is 0. The largest absolute Gasteiger partial charge is 0.320 e. The molecule has 0 bridgehead atoms. The summed E-state index contributed by atoms with van der Waals surface area (Å²) in [5.74, 6) is 0. The van der Waals surface area contributed by atoms with E-state index in [0.717, 1.165) is 25.0 Å². The van der Waals surface area contributed by atoms with E-state index in [0.29, 0.717) is 0 Å². The first-order valence-electron chi connectivity index (χ1n) is 5.37. The van der Waals surface area contributed by atoms with E-state index < -0.39 is 0 Å². The van der Waals surface area contributed by atoms with Crippen LogP contribution in [0.3, 0.4) is 0 Å². The molecule has 0 unspecified atom stereocenters. The quantitative estimate of drug-likeness (QED) is 0.691. The Morgan fingerprint density at radius 1 is 1.50 bits per heavy atom. The van der Waals surface area contributed by atoms with E-state index in [4.69, 9.17) is 0 Å². The molecule has 0 atom stereocenters. The Kier molecular flexibility index (Phi) is 2.66. The van der Waals surface area contributed by atoms with E-state index in [-0.39, 0.29) is 0 Å². The van der Waals surface area contributed by atoms with Gasteiger partial charge in [-0.15, -0.1) is 0 Å². The van der Waals surface area contributed by atoms with Crippen LogP contribution in [-0.4, -0.2) is 16.1 Å². The zero-order valence-corrected chi connectivity index (χ0v) is 8.95. The highest BCUT2D eigenvalue weighted by Crippen LogP contribution is 2.16. The summed E-state index contributed by atoms with van der Waals surface area (Å²) < 4.78 is 2.04. The maximum Gasteiger partial charge on any atom is 0.224 e. The molecule has 1 heterocycles. The Hall–Kier alpha value is -1.12. The summed E-state index contributed by atoms with van der Waals surface area (Å²) in [5, 5.41) is 0. The van der Waals surface area contributed by atoms with Crippen LogP contribution in [0.15, 0.2) is 11.2 Å². The molecule has 0 radical (unpaired) electrons. The van der Waals surface area contributed by atoms with Gasteiger partial charge in [-0.2, -0.15) is 0 Å². The lowest BCUT2D eigenvalue weighted by molar-refractivity contribution is 0.728. The molecule has 14 heavy (non-hydrogen) atoms. The van der Waals surface area contributed by atoms with Gasteiger partial charge in [0, 0.05) is 25.5 Å². The third-order valence-corrected chi connectivity index (χ3v) is 2.61. The summed E-state index contributed by atoms with van der Waals surface area (Å²) in [4.78, 5) is 9.04. The van der Waals surface area contributed by atoms with E-state index in [1.165, 1.54) is 24.1 Å². The molecule has 76 valence electrons. The van der Waals surface area contributed by atoms with Crippen molar-refractivity contribution in [3.63, 3.8) is 0 Å². The van der Waals surface area contributed by atoms with Gasteiger partial charge in [0.2, 0.25) is 5.62 Å². The van der Waals surface area contributed by atoms with Crippen molar-refractivity contribution in [2.24, 2.45) is 12.0 Å². The number of aromatic nitrogens is 2. The highest BCUT2D eigenvalue weighted by molar-refractivity contribution is 5.21.